The molecule has 31 heavy (non-hydrogen) atoms. The van der Waals surface area contributed by atoms with Crippen molar-refractivity contribution in [3.63, 3.8) is 0 Å². The molecule has 0 fully saturated rings. The van der Waals surface area contributed by atoms with Gasteiger partial charge in [0.15, 0.2) is 23.9 Å². The first-order chi connectivity index (χ1) is 14.9. The van der Waals surface area contributed by atoms with Crippen molar-refractivity contribution in [1.82, 2.24) is 9.36 Å². The summed E-state index contributed by atoms with van der Waals surface area (Å²) in [6.45, 7) is 8.54. The van der Waals surface area contributed by atoms with Gasteiger partial charge in [0.25, 0.3) is 5.91 Å². The first-order valence-corrected chi connectivity index (χ1v) is 10.9. The number of methoxy groups -OCH3 is 1. The van der Waals surface area contributed by atoms with Gasteiger partial charge in [-0.25, -0.2) is 0 Å². The Labute approximate surface area is 186 Å². The van der Waals surface area contributed by atoms with Crippen LogP contribution in [0.25, 0.3) is 11.4 Å². The number of nitrogens with one attached hydrogen (secondary N) is 1. The maximum absolute atomic E-state index is 12.4. The molecule has 1 heterocycles. The fourth-order valence-electron chi connectivity index (χ4n) is 3.02. The molecule has 0 aliphatic heterocycles. The van der Waals surface area contributed by atoms with Crippen LogP contribution in [0.15, 0.2) is 36.4 Å². The molecule has 0 unspecified atom stereocenters. The van der Waals surface area contributed by atoms with Gasteiger partial charge in [-0.3, -0.25) is 10.1 Å². The predicted molar refractivity (Wildman–Crippen MR) is 122 cm³/mol. The van der Waals surface area contributed by atoms with Crippen LogP contribution >= 0.6 is 11.5 Å². The summed E-state index contributed by atoms with van der Waals surface area (Å²) in [5.74, 6) is 2.51. The Bertz CT molecular complexity index is 1050. The van der Waals surface area contributed by atoms with Crippen molar-refractivity contribution >= 4 is 22.6 Å². The van der Waals surface area contributed by atoms with E-state index in [0.29, 0.717) is 35.0 Å². The van der Waals surface area contributed by atoms with E-state index >= 15 is 0 Å². The fourth-order valence-corrected chi connectivity index (χ4v) is 3.62. The number of carbonyl (C=O) groups is 1. The van der Waals surface area contributed by atoms with Crippen LogP contribution in [0, 0.1) is 6.92 Å². The summed E-state index contributed by atoms with van der Waals surface area (Å²) in [5, 5.41) is 3.16. The summed E-state index contributed by atoms with van der Waals surface area (Å²) < 4.78 is 21.0. The summed E-state index contributed by atoms with van der Waals surface area (Å²) in [7, 11) is 1.58. The molecule has 0 atom stereocenters. The van der Waals surface area contributed by atoms with Gasteiger partial charge in [-0.1, -0.05) is 26.0 Å². The molecular weight excluding hydrogens is 414 g/mol. The molecule has 1 N–H and O–H groups in total. The van der Waals surface area contributed by atoms with E-state index < -0.39 is 0 Å². The molecule has 0 spiro atoms. The number of amides is 1. The summed E-state index contributed by atoms with van der Waals surface area (Å²) in [6.07, 6.45) is 0. The Balaban J connectivity index is 1.65. The Morgan fingerprint density at radius 2 is 1.90 bits per heavy atom. The van der Waals surface area contributed by atoms with Gasteiger partial charge >= 0.3 is 0 Å². The number of ether oxygens (including phenoxy) is 3. The number of anilines is 1. The van der Waals surface area contributed by atoms with Crippen molar-refractivity contribution in [2.45, 2.75) is 33.6 Å². The Morgan fingerprint density at radius 1 is 1.10 bits per heavy atom. The lowest BCUT2D eigenvalue weighted by atomic mass is 10.0. The maximum Gasteiger partial charge on any atom is 0.264 e. The maximum atomic E-state index is 12.4. The van der Waals surface area contributed by atoms with Crippen LogP contribution < -0.4 is 19.5 Å². The quantitative estimate of drug-likeness (QED) is 0.500. The minimum atomic E-state index is -0.289. The van der Waals surface area contributed by atoms with Gasteiger partial charge in [0.05, 0.1) is 13.7 Å². The van der Waals surface area contributed by atoms with Crippen molar-refractivity contribution in [2.75, 3.05) is 25.6 Å². The highest BCUT2D eigenvalue weighted by molar-refractivity contribution is 7.10. The molecule has 3 aromatic rings. The second-order valence-corrected chi connectivity index (χ2v) is 8.01. The second-order valence-electron chi connectivity index (χ2n) is 7.25. The molecule has 3 rings (SSSR count). The normalized spacial score (nSPS) is 10.8. The monoisotopic (exact) mass is 441 g/mol. The SMILES string of the molecule is CCOc1ccc(-c2nsc(NC(=O)COc3cc(C)ccc3C(C)C)n2)cc1OC. The van der Waals surface area contributed by atoms with Gasteiger partial charge in [0, 0.05) is 17.1 Å². The third-order valence-corrected chi connectivity index (χ3v) is 5.17. The average Bonchev–Trinajstić information content (AvgIpc) is 3.21. The summed E-state index contributed by atoms with van der Waals surface area (Å²) >= 11 is 1.11. The molecule has 2 aromatic carbocycles. The summed E-state index contributed by atoms with van der Waals surface area (Å²) in [4.78, 5) is 16.8. The topological polar surface area (TPSA) is 82.6 Å². The molecule has 0 aliphatic carbocycles. The van der Waals surface area contributed by atoms with Crippen LogP contribution in [-0.2, 0) is 4.79 Å². The van der Waals surface area contributed by atoms with E-state index in [2.05, 4.69) is 28.5 Å². The van der Waals surface area contributed by atoms with Gasteiger partial charge in [-0.15, -0.1) is 0 Å². The van der Waals surface area contributed by atoms with E-state index in [4.69, 9.17) is 14.2 Å². The Hall–Kier alpha value is -3.13. The molecule has 0 saturated heterocycles. The number of rotatable bonds is 9. The van der Waals surface area contributed by atoms with Crippen LogP contribution in [0.5, 0.6) is 17.2 Å². The third-order valence-electron chi connectivity index (χ3n) is 4.54. The van der Waals surface area contributed by atoms with Crippen LogP contribution in [0.4, 0.5) is 5.13 Å². The van der Waals surface area contributed by atoms with E-state index in [-0.39, 0.29) is 12.5 Å². The molecule has 0 saturated carbocycles. The molecule has 0 aliphatic rings. The molecule has 8 heteroatoms. The first kappa shape index (κ1) is 22.6. The van der Waals surface area contributed by atoms with Crippen molar-refractivity contribution in [3.05, 3.63) is 47.5 Å². The second kappa shape index (κ2) is 10.3. The van der Waals surface area contributed by atoms with Crippen LogP contribution in [-0.4, -0.2) is 35.6 Å². The van der Waals surface area contributed by atoms with Crippen molar-refractivity contribution < 1.29 is 19.0 Å². The zero-order chi connectivity index (χ0) is 22.4. The molecule has 0 bridgehead atoms. The first-order valence-electron chi connectivity index (χ1n) is 10.1. The minimum absolute atomic E-state index is 0.102. The number of aromatic nitrogens is 2. The van der Waals surface area contributed by atoms with Gasteiger partial charge in [0.2, 0.25) is 5.13 Å². The number of nitrogens with zero attached hydrogens (tertiary/aromatic N) is 2. The van der Waals surface area contributed by atoms with Crippen molar-refractivity contribution in [1.29, 1.82) is 0 Å². The standard InChI is InChI=1S/C23H27N3O4S/c1-6-29-18-10-8-16(12-20(18)28-5)22-25-23(31-26-22)24-21(27)13-30-19-11-15(4)7-9-17(19)14(2)3/h7-12,14H,6,13H2,1-5H3,(H,24,25,26,27). The highest BCUT2D eigenvalue weighted by Crippen LogP contribution is 2.32. The molecule has 164 valence electrons. The average molecular weight is 442 g/mol. The fraction of sp³-hybridized carbons (Fsp3) is 0.348. The van der Waals surface area contributed by atoms with Crippen molar-refractivity contribution in [3.8, 4) is 28.6 Å². The molecule has 7 nitrogen and oxygen atoms in total. The van der Waals surface area contributed by atoms with Crippen LogP contribution in [0.3, 0.4) is 0 Å². The Morgan fingerprint density at radius 3 is 2.61 bits per heavy atom. The molecule has 0 radical (unpaired) electrons. The molecule has 1 aromatic heterocycles. The Kier molecular flexibility index (Phi) is 7.46. The third kappa shape index (κ3) is 5.73. The number of hydrogen-bond acceptors (Lipinski definition) is 7. The van der Waals surface area contributed by atoms with E-state index in [1.807, 2.05) is 50.2 Å². The van der Waals surface area contributed by atoms with E-state index in [1.54, 1.807) is 7.11 Å². The zero-order valence-corrected chi connectivity index (χ0v) is 19.2. The predicted octanol–water partition coefficient (Wildman–Crippen LogP) is 5.06. The number of aryl methyl sites for hydroxylation is 1. The highest BCUT2D eigenvalue weighted by atomic mass is 32.1. The van der Waals surface area contributed by atoms with E-state index in [1.165, 1.54) is 0 Å². The summed E-state index contributed by atoms with van der Waals surface area (Å²) in [6, 6.07) is 11.5. The number of benzene rings is 2. The van der Waals surface area contributed by atoms with E-state index in [0.717, 1.165) is 34.0 Å². The minimum Gasteiger partial charge on any atom is -0.493 e. The van der Waals surface area contributed by atoms with Crippen LogP contribution in [0.2, 0.25) is 0 Å². The van der Waals surface area contributed by atoms with Crippen LogP contribution in [0.1, 0.15) is 37.8 Å². The van der Waals surface area contributed by atoms with Crippen molar-refractivity contribution in [2.24, 2.45) is 0 Å². The smallest absolute Gasteiger partial charge is 0.264 e. The van der Waals surface area contributed by atoms with Gasteiger partial charge in [-0.05, 0) is 55.2 Å². The zero-order valence-electron chi connectivity index (χ0n) is 18.4. The van der Waals surface area contributed by atoms with Gasteiger partial charge in [0.1, 0.15) is 5.75 Å². The van der Waals surface area contributed by atoms with E-state index in [9.17, 15) is 4.79 Å². The number of carbonyl (C=O) groups excluding carboxylic acids is 1. The largest absolute Gasteiger partial charge is 0.493 e. The van der Waals surface area contributed by atoms with Gasteiger partial charge < -0.3 is 14.2 Å². The van der Waals surface area contributed by atoms with Gasteiger partial charge in [-0.2, -0.15) is 9.36 Å². The number of hydrogen-bond donors (Lipinski definition) is 1. The molecular formula is C23H27N3O4S. The lowest BCUT2D eigenvalue weighted by molar-refractivity contribution is -0.118. The lowest BCUT2D eigenvalue weighted by Crippen LogP contribution is -2.20. The lowest BCUT2D eigenvalue weighted by Gasteiger charge is -2.14. The molecule has 1 amide bonds. The summed E-state index contributed by atoms with van der Waals surface area (Å²) in [5.41, 5.74) is 2.93. The highest BCUT2D eigenvalue weighted by Gasteiger charge is 2.14.